The molecule has 156 valence electrons. The van der Waals surface area contributed by atoms with Crippen LogP contribution in [0.5, 0.6) is 0 Å². The standard InChI is InChI=1S/C24H28N4O2/c1-17-7-4-9-20(13-17)18(2)15-26-24(25-3)27-16-19-8-5-10-21(14-19)28-23(29)22-11-6-12-30-22/h4-14,18H,15-16H2,1-3H3,(H,28,29)(H2,25,26,27). The molecule has 0 aliphatic carbocycles. The fraction of sp³-hybridized carbons (Fsp3) is 0.250. The molecule has 6 heteroatoms. The summed E-state index contributed by atoms with van der Waals surface area (Å²) in [7, 11) is 1.76. The Labute approximate surface area is 177 Å². The summed E-state index contributed by atoms with van der Waals surface area (Å²) >= 11 is 0. The highest BCUT2D eigenvalue weighted by atomic mass is 16.3. The van der Waals surface area contributed by atoms with Gasteiger partial charge in [-0.3, -0.25) is 9.79 Å². The summed E-state index contributed by atoms with van der Waals surface area (Å²) in [5, 5.41) is 9.54. The van der Waals surface area contributed by atoms with Crippen molar-refractivity contribution in [1.82, 2.24) is 10.6 Å². The lowest BCUT2D eigenvalue weighted by Crippen LogP contribution is -2.38. The Bertz CT molecular complexity index is 996. The van der Waals surface area contributed by atoms with Crippen molar-refractivity contribution in [2.24, 2.45) is 4.99 Å². The van der Waals surface area contributed by atoms with Crippen LogP contribution in [0, 0.1) is 6.92 Å². The number of anilines is 1. The van der Waals surface area contributed by atoms with E-state index in [0.29, 0.717) is 18.2 Å². The first-order valence-corrected chi connectivity index (χ1v) is 10.00. The molecule has 30 heavy (non-hydrogen) atoms. The van der Waals surface area contributed by atoms with E-state index in [9.17, 15) is 4.79 Å². The van der Waals surface area contributed by atoms with Gasteiger partial charge in [-0.2, -0.15) is 0 Å². The summed E-state index contributed by atoms with van der Waals surface area (Å²) in [5.74, 6) is 1.11. The van der Waals surface area contributed by atoms with Gasteiger partial charge in [-0.25, -0.2) is 0 Å². The zero-order chi connectivity index (χ0) is 21.3. The van der Waals surface area contributed by atoms with Crippen LogP contribution < -0.4 is 16.0 Å². The molecule has 1 heterocycles. The highest BCUT2D eigenvalue weighted by Crippen LogP contribution is 2.15. The van der Waals surface area contributed by atoms with Gasteiger partial charge in [0.25, 0.3) is 5.91 Å². The predicted molar refractivity (Wildman–Crippen MR) is 121 cm³/mol. The second kappa shape index (κ2) is 10.3. The van der Waals surface area contributed by atoms with Crippen molar-refractivity contribution in [1.29, 1.82) is 0 Å². The summed E-state index contributed by atoms with van der Waals surface area (Å²) < 4.78 is 5.13. The van der Waals surface area contributed by atoms with Crippen LogP contribution in [0.25, 0.3) is 0 Å². The van der Waals surface area contributed by atoms with Crippen molar-refractivity contribution in [3.8, 4) is 0 Å². The van der Waals surface area contributed by atoms with Gasteiger partial charge in [0.1, 0.15) is 0 Å². The number of aliphatic imine (C=N–C) groups is 1. The van der Waals surface area contributed by atoms with Gasteiger partial charge in [-0.1, -0.05) is 48.9 Å². The van der Waals surface area contributed by atoms with E-state index in [-0.39, 0.29) is 11.7 Å². The van der Waals surface area contributed by atoms with E-state index >= 15 is 0 Å². The minimum Gasteiger partial charge on any atom is -0.459 e. The molecule has 0 saturated carbocycles. The Balaban J connectivity index is 1.51. The van der Waals surface area contributed by atoms with Crippen LogP contribution in [0.1, 0.15) is 40.1 Å². The number of carbonyl (C=O) groups is 1. The van der Waals surface area contributed by atoms with Gasteiger partial charge < -0.3 is 20.4 Å². The van der Waals surface area contributed by atoms with Gasteiger partial charge in [0, 0.05) is 25.8 Å². The number of carbonyl (C=O) groups excluding carboxylic acids is 1. The first-order chi connectivity index (χ1) is 14.5. The van der Waals surface area contributed by atoms with E-state index in [2.05, 4.69) is 59.1 Å². The maximum absolute atomic E-state index is 12.1. The monoisotopic (exact) mass is 404 g/mol. The number of guanidine groups is 1. The smallest absolute Gasteiger partial charge is 0.291 e. The molecule has 1 atom stereocenters. The molecule has 0 aliphatic heterocycles. The van der Waals surface area contributed by atoms with Gasteiger partial charge in [0.15, 0.2) is 11.7 Å². The number of amides is 1. The second-order valence-electron chi connectivity index (χ2n) is 7.25. The van der Waals surface area contributed by atoms with Crippen LogP contribution in [0.3, 0.4) is 0 Å². The fourth-order valence-corrected chi connectivity index (χ4v) is 3.11. The Hall–Kier alpha value is -3.54. The van der Waals surface area contributed by atoms with E-state index in [1.54, 1.807) is 19.2 Å². The summed E-state index contributed by atoms with van der Waals surface area (Å²) in [6, 6.07) is 19.6. The number of furan rings is 1. The van der Waals surface area contributed by atoms with Crippen molar-refractivity contribution in [2.75, 3.05) is 18.9 Å². The molecular formula is C24H28N4O2. The van der Waals surface area contributed by atoms with Crippen molar-refractivity contribution < 1.29 is 9.21 Å². The van der Waals surface area contributed by atoms with Gasteiger partial charge in [0.05, 0.1) is 6.26 Å². The number of benzene rings is 2. The van der Waals surface area contributed by atoms with Crippen LogP contribution in [0.2, 0.25) is 0 Å². The van der Waals surface area contributed by atoms with Crippen LogP contribution in [0.4, 0.5) is 5.69 Å². The predicted octanol–water partition coefficient (Wildman–Crippen LogP) is 4.31. The van der Waals surface area contributed by atoms with E-state index in [0.717, 1.165) is 18.1 Å². The van der Waals surface area contributed by atoms with Crippen molar-refractivity contribution in [3.63, 3.8) is 0 Å². The minimum absolute atomic E-state index is 0.271. The number of nitrogens with zero attached hydrogens (tertiary/aromatic N) is 1. The lowest BCUT2D eigenvalue weighted by Gasteiger charge is -2.17. The number of aryl methyl sites for hydroxylation is 1. The average Bonchev–Trinajstić information content (AvgIpc) is 3.29. The number of rotatable bonds is 7. The Morgan fingerprint density at radius 1 is 1.07 bits per heavy atom. The second-order valence-corrected chi connectivity index (χ2v) is 7.25. The van der Waals surface area contributed by atoms with Gasteiger partial charge in [-0.05, 0) is 48.2 Å². The van der Waals surface area contributed by atoms with Gasteiger partial charge in [-0.15, -0.1) is 0 Å². The first-order valence-electron chi connectivity index (χ1n) is 10.00. The molecule has 0 saturated heterocycles. The van der Waals surface area contributed by atoms with E-state index in [1.165, 1.54) is 17.4 Å². The minimum atomic E-state index is -0.271. The molecule has 0 spiro atoms. The topological polar surface area (TPSA) is 78.7 Å². The lowest BCUT2D eigenvalue weighted by molar-refractivity contribution is 0.0996. The number of hydrogen-bond acceptors (Lipinski definition) is 3. The molecule has 2 aromatic carbocycles. The molecule has 3 N–H and O–H groups in total. The van der Waals surface area contributed by atoms with Crippen LogP contribution in [0.15, 0.2) is 76.3 Å². The molecule has 3 rings (SSSR count). The Kier molecular flexibility index (Phi) is 7.27. The van der Waals surface area contributed by atoms with Gasteiger partial charge >= 0.3 is 0 Å². The van der Waals surface area contributed by atoms with Crippen molar-refractivity contribution in [2.45, 2.75) is 26.3 Å². The lowest BCUT2D eigenvalue weighted by atomic mass is 9.99. The molecule has 6 nitrogen and oxygen atoms in total. The SMILES string of the molecule is CN=C(NCc1cccc(NC(=O)c2ccco2)c1)NCC(C)c1cccc(C)c1. The molecule has 0 fully saturated rings. The summed E-state index contributed by atoms with van der Waals surface area (Å²) in [4.78, 5) is 16.4. The number of nitrogens with one attached hydrogen (secondary N) is 3. The van der Waals surface area contributed by atoms with E-state index in [1.807, 2.05) is 24.3 Å². The normalized spacial score (nSPS) is 12.3. The Morgan fingerprint density at radius 2 is 1.90 bits per heavy atom. The first kappa shape index (κ1) is 21.2. The third-order valence-electron chi connectivity index (χ3n) is 4.80. The zero-order valence-corrected chi connectivity index (χ0v) is 17.6. The van der Waals surface area contributed by atoms with Crippen LogP contribution in [-0.4, -0.2) is 25.5 Å². The van der Waals surface area contributed by atoms with E-state index in [4.69, 9.17) is 4.42 Å². The summed E-state index contributed by atoms with van der Waals surface area (Å²) in [6.07, 6.45) is 1.48. The highest BCUT2D eigenvalue weighted by molar-refractivity contribution is 6.02. The molecule has 3 aromatic rings. The fourth-order valence-electron chi connectivity index (χ4n) is 3.11. The molecule has 0 bridgehead atoms. The Morgan fingerprint density at radius 3 is 2.63 bits per heavy atom. The van der Waals surface area contributed by atoms with E-state index < -0.39 is 0 Å². The molecule has 1 unspecified atom stereocenters. The highest BCUT2D eigenvalue weighted by Gasteiger charge is 2.10. The maximum Gasteiger partial charge on any atom is 0.291 e. The quantitative estimate of drug-likeness (QED) is 0.405. The maximum atomic E-state index is 12.1. The third-order valence-corrected chi connectivity index (χ3v) is 4.80. The largest absolute Gasteiger partial charge is 0.459 e. The summed E-state index contributed by atoms with van der Waals surface area (Å²) in [5.41, 5.74) is 4.31. The zero-order valence-electron chi connectivity index (χ0n) is 17.6. The molecule has 0 radical (unpaired) electrons. The van der Waals surface area contributed by atoms with Gasteiger partial charge in [0.2, 0.25) is 0 Å². The average molecular weight is 405 g/mol. The third kappa shape index (κ3) is 5.98. The summed E-state index contributed by atoms with van der Waals surface area (Å²) in [6.45, 7) is 5.67. The van der Waals surface area contributed by atoms with Crippen LogP contribution in [-0.2, 0) is 6.54 Å². The molecule has 0 aliphatic rings. The molecule has 1 aromatic heterocycles. The van der Waals surface area contributed by atoms with Crippen molar-refractivity contribution in [3.05, 3.63) is 89.4 Å². The molecular weight excluding hydrogens is 376 g/mol. The van der Waals surface area contributed by atoms with Crippen LogP contribution >= 0.6 is 0 Å². The molecule has 1 amide bonds. The van der Waals surface area contributed by atoms with Crippen molar-refractivity contribution >= 4 is 17.6 Å². The number of hydrogen-bond donors (Lipinski definition) is 3.